The summed E-state index contributed by atoms with van der Waals surface area (Å²) in [6.45, 7) is 4.13. The monoisotopic (exact) mass is 326 g/mol. The van der Waals surface area contributed by atoms with Gasteiger partial charge in [-0.1, -0.05) is 13.3 Å². The lowest BCUT2D eigenvalue weighted by Gasteiger charge is -2.15. The molecule has 1 aromatic rings. The van der Waals surface area contributed by atoms with Crippen LogP contribution in [0, 0.1) is 0 Å². The fourth-order valence-electron chi connectivity index (χ4n) is 1.81. The molecule has 1 N–H and O–H groups in total. The van der Waals surface area contributed by atoms with E-state index in [0.29, 0.717) is 31.3 Å². The van der Waals surface area contributed by atoms with Crippen molar-refractivity contribution >= 4 is 5.97 Å². The summed E-state index contributed by atoms with van der Waals surface area (Å²) >= 11 is 0. The van der Waals surface area contributed by atoms with Crippen LogP contribution in [0.2, 0.25) is 0 Å². The van der Waals surface area contributed by atoms with Gasteiger partial charge in [0.05, 0.1) is 26.9 Å². The number of ether oxygens (including phenoxy) is 4. The molecule has 130 valence electrons. The Balaban J connectivity index is 2.25. The highest BCUT2D eigenvalue weighted by atomic mass is 16.5. The first-order valence-corrected chi connectivity index (χ1v) is 7.86. The van der Waals surface area contributed by atoms with E-state index in [9.17, 15) is 9.90 Å². The predicted molar refractivity (Wildman–Crippen MR) is 86.2 cm³/mol. The Morgan fingerprint density at radius 1 is 1.04 bits per heavy atom. The maximum absolute atomic E-state index is 11.2. The average Bonchev–Trinajstić information content (AvgIpc) is 2.56. The smallest absolute Gasteiger partial charge is 0.344 e. The lowest BCUT2D eigenvalue weighted by atomic mass is 10.2. The van der Waals surface area contributed by atoms with Crippen molar-refractivity contribution in [3.8, 4) is 11.5 Å². The third kappa shape index (κ3) is 8.42. The topological polar surface area (TPSA) is 74.2 Å². The Hall–Kier alpha value is -1.79. The summed E-state index contributed by atoms with van der Waals surface area (Å²) in [6.07, 6.45) is 1.47. The summed E-state index contributed by atoms with van der Waals surface area (Å²) in [5.74, 6) is 0.167. The number of carboxylic acids is 1. The minimum absolute atomic E-state index is 0.274. The van der Waals surface area contributed by atoms with Crippen LogP contribution in [0.3, 0.4) is 0 Å². The van der Waals surface area contributed by atoms with Gasteiger partial charge in [0.1, 0.15) is 11.5 Å². The molecule has 0 spiro atoms. The highest BCUT2D eigenvalue weighted by molar-refractivity contribution is 5.72. The van der Waals surface area contributed by atoms with Crippen molar-refractivity contribution in [2.45, 2.75) is 32.3 Å². The Kier molecular flexibility index (Phi) is 9.83. The van der Waals surface area contributed by atoms with Crippen LogP contribution in [-0.4, -0.2) is 50.7 Å². The van der Waals surface area contributed by atoms with E-state index in [4.69, 9.17) is 18.9 Å². The molecule has 0 bridgehead atoms. The van der Waals surface area contributed by atoms with Gasteiger partial charge >= 0.3 is 5.97 Å². The average molecular weight is 326 g/mol. The first-order valence-electron chi connectivity index (χ1n) is 7.86. The van der Waals surface area contributed by atoms with Gasteiger partial charge in [-0.05, 0) is 30.7 Å². The Morgan fingerprint density at radius 2 is 1.65 bits per heavy atom. The molecule has 1 aromatic carbocycles. The van der Waals surface area contributed by atoms with Gasteiger partial charge in [0, 0.05) is 13.0 Å². The van der Waals surface area contributed by atoms with Crippen molar-refractivity contribution in [2.24, 2.45) is 0 Å². The Bertz CT molecular complexity index is 431. The predicted octanol–water partition coefficient (Wildman–Crippen LogP) is 2.75. The van der Waals surface area contributed by atoms with Gasteiger partial charge < -0.3 is 24.1 Å². The van der Waals surface area contributed by atoms with Gasteiger partial charge in [0.15, 0.2) is 6.10 Å². The maximum atomic E-state index is 11.2. The van der Waals surface area contributed by atoms with Gasteiger partial charge in [0.2, 0.25) is 0 Å². The molecule has 0 aromatic heterocycles. The van der Waals surface area contributed by atoms with Crippen LogP contribution in [0.1, 0.15) is 26.2 Å². The van der Waals surface area contributed by atoms with Gasteiger partial charge in [-0.2, -0.15) is 0 Å². The van der Waals surface area contributed by atoms with Gasteiger partial charge in [0.25, 0.3) is 0 Å². The van der Waals surface area contributed by atoms with E-state index in [-0.39, 0.29) is 6.42 Å². The molecule has 0 saturated heterocycles. The normalized spacial score (nSPS) is 11.9. The lowest BCUT2D eigenvalue weighted by Crippen LogP contribution is -2.28. The number of hydrogen-bond acceptors (Lipinski definition) is 5. The molecule has 0 heterocycles. The summed E-state index contributed by atoms with van der Waals surface area (Å²) < 4.78 is 21.3. The minimum Gasteiger partial charge on any atom is -0.497 e. The molecule has 0 radical (unpaired) electrons. The van der Waals surface area contributed by atoms with Crippen LogP contribution in [0.4, 0.5) is 0 Å². The Labute approximate surface area is 137 Å². The highest BCUT2D eigenvalue weighted by Crippen LogP contribution is 2.19. The number of aliphatic carboxylic acids is 1. The van der Waals surface area contributed by atoms with E-state index in [1.807, 2.05) is 0 Å². The van der Waals surface area contributed by atoms with Crippen LogP contribution in [-0.2, 0) is 14.3 Å². The maximum Gasteiger partial charge on any atom is 0.344 e. The van der Waals surface area contributed by atoms with E-state index in [2.05, 4.69) is 6.92 Å². The van der Waals surface area contributed by atoms with E-state index in [0.717, 1.165) is 19.4 Å². The molecule has 0 aliphatic carbocycles. The van der Waals surface area contributed by atoms with Crippen molar-refractivity contribution in [3.05, 3.63) is 24.3 Å². The molecule has 23 heavy (non-hydrogen) atoms. The van der Waals surface area contributed by atoms with Crippen molar-refractivity contribution in [1.29, 1.82) is 0 Å². The fourth-order valence-corrected chi connectivity index (χ4v) is 1.81. The molecular weight excluding hydrogens is 300 g/mol. The number of carbonyl (C=O) groups is 1. The summed E-state index contributed by atoms with van der Waals surface area (Å²) in [5.41, 5.74) is 0. The quantitative estimate of drug-likeness (QED) is 0.562. The zero-order valence-electron chi connectivity index (χ0n) is 13.8. The molecule has 0 fully saturated rings. The molecule has 6 nitrogen and oxygen atoms in total. The van der Waals surface area contributed by atoms with E-state index in [1.165, 1.54) is 0 Å². The zero-order valence-corrected chi connectivity index (χ0v) is 13.8. The SMILES string of the molecule is CCCCOCCOCCC(Oc1ccc(OC)cc1)C(=O)O. The second kappa shape index (κ2) is 11.7. The molecule has 0 aliphatic heterocycles. The van der Waals surface area contributed by atoms with Crippen LogP contribution in [0.15, 0.2) is 24.3 Å². The first kappa shape index (κ1) is 19.3. The van der Waals surface area contributed by atoms with E-state index in [1.54, 1.807) is 31.4 Å². The number of benzene rings is 1. The van der Waals surface area contributed by atoms with E-state index >= 15 is 0 Å². The third-order valence-electron chi connectivity index (χ3n) is 3.15. The van der Waals surface area contributed by atoms with Crippen LogP contribution < -0.4 is 9.47 Å². The number of methoxy groups -OCH3 is 1. The lowest BCUT2D eigenvalue weighted by molar-refractivity contribution is -0.146. The first-order chi connectivity index (χ1) is 11.2. The molecular formula is C17H26O6. The molecule has 1 unspecified atom stereocenters. The number of carboxylic acid groups (broad SMARTS) is 1. The van der Waals surface area contributed by atoms with E-state index < -0.39 is 12.1 Å². The van der Waals surface area contributed by atoms with Gasteiger partial charge in [-0.3, -0.25) is 0 Å². The molecule has 6 heteroatoms. The summed E-state index contributed by atoms with van der Waals surface area (Å²) in [7, 11) is 1.57. The second-order valence-corrected chi connectivity index (χ2v) is 4.99. The molecule has 0 saturated carbocycles. The highest BCUT2D eigenvalue weighted by Gasteiger charge is 2.19. The summed E-state index contributed by atoms with van der Waals surface area (Å²) in [4.78, 5) is 11.2. The summed E-state index contributed by atoms with van der Waals surface area (Å²) in [5, 5.41) is 9.21. The minimum atomic E-state index is -1.01. The van der Waals surface area contributed by atoms with Crippen LogP contribution in [0.25, 0.3) is 0 Å². The number of rotatable bonds is 13. The molecule has 0 aliphatic rings. The molecule has 1 atom stereocenters. The zero-order chi connectivity index (χ0) is 16.9. The van der Waals surface area contributed by atoms with Crippen molar-refractivity contribution in [3.63, 3.8) is 0 Å². The number of unbranched alkanes of at least 4 members (excludes halogenated alkanes) is 1. The third-order valence-corrected chi connectivity index (χ3v) is 3.15. The molecule has 1 rings (SSSR count). The fraction of sp³-hybridized carbons (Fsp3) is 0.588. The van der Waals surface area contributed by atoms with Gasteiger partial charge in [-0.25, -0.2) is 4.79 Å². The molecule has 0 amide bonds. The van der Waals surface area contributed by atoms with Crippen molar-refractivity contribution < 1.29 is 28.8 Å². The second-order valence-electron chi connectivity index (χ2n) is 4.99. The standard InChI is InChI=1S/C17H26O6/c1-3-4-10-21-12-13-22-11-9-16(17(18)19)23-15-7-5-14(20-2)6-8-15/h5-8,16H,3-4,9-13H2,1-2H3,(H,18,19). The van der Waals surface area contributed by atoms with Crippen molar-refractivity contribution in [2.75, 3.05) is 33.5 Å². The van der Waals surface area contributed by atoms with Gasteiger partial charge in [-0.15, -0.1) is 0 Å². The Morgan fingerprint density at radius 3 is 2.22 bits per heavy atom. The van der Waals surface area contributed by atoms with Crippen LogP contribution in [0.5, 0.6) is 11.5 Å². The van der Waals surface area contributed by atoms with Crippen LogP contribution >= 0.6 is 0 Å². The largest absolute Gasteiger partial charge is 0.497 e. The number of hydrogen-bond donors (Lipinski definition) is 1. The van der Waals surface area contributed by atoms with Crippen molar-refractivity contribution in [1.82, 2.24) is 0 Å². The summed E-state index contributed by atoms with van der Waals surface area (Å²) in [6, 6.07) is 6.80.